The van der Waals surface area contributed by atoms with E-state index in [1.54, 1.807) is 30.4 Å². The minimum atomic E-state index is -0.600. The predicted molar refractivity (Wildman–Crippen MR) is 113 cm³/mol. The molecule has 8 heteroatoms. The van der Waals surface area contributed by atoms with Gasteiger partial charge in [0.25, 0.3) is 5.71 Å². The molecule has 0 atom stereocenters. The molecule has 3 heterocycles. The van der Waals surface area contributed by atoms with Gasteiger partial charge in [0, 0.05) is 10.4 Å². The van der Waals surface area contributed by atoms with E-state index >= 15 is 0 Å². The van der Waals surface area contributed by atoms with Crippen molar-refractivity contribution in [3.8, 4) is 22.1 Å². The molecular formula is C22H18N2O5S. The molecule has 0 saturated carbocycles. The molecule has 0 aliphatic rings. The van der Waals surface area contributed by atoms with Crippen LogP contribution in [0, 0.1) is 13.8 Å². The lowest BCUT2D eigenvalue weighted by atomic mass is 10.1. The summed E-state index contributed by atoms with van der Waals surface area (Å²) in [5, 5.41) is 4.44. The number of thiophene rings is 1. The smallest absolute Gasteiger partial charge is 0.344 e. The van der Waals surface area contributed by atoms with Crippen molar-refractivity contribution < 1.29 is 23.6 Å². The number of hydrogen-bond acceptors (Lipinski definition) is 8. The molecule has 1 aromatic carbocycles. The van der Waals surface area contributed by atoms with Gasteiger partial charge in [0.05, 0.1) is 34.3 Å². The number of Topliss-reactive ketones (excluding diaryl/α,β-unsaturated/α-hetero) is 1. The Balaban J connectivity index is 1.78. The van der Waals surface area contributed by atoms with Gasteiger partial charge in [-0.3, -0.25) is 4.79 Å². The van der Waals surface area contributed by atoms with E-state index in [4.69, 9.17) is 14.0 Å². The van der Waals surface area contributed by atoms with Gasteiger partial charge in [0.15, 0.2) is 17.3 Å². The third kappa shape index (κ3) is 3.57. The van der Waals surface area contributed by atoms with Gasteiger partial charge >= 0.3 is 5.97 Å². The molecule has 0 bridgehead atoms. The summed E-state index contributed by atoms with van der Waals surface area (Å²) in [6, 6.07) is 10.3. The van der Waals surface area contributed by atoms with Crippen molar-refractivity contribution >= 4 is 34.2 Å². The van der Waals surface area contributed by atoms with Gasteiger partial charge in [0.1, 0.15) is 0 Å². The average molecular weight is 422 g/mol. The van der Waals surface area contributed by atoms with E-state index in [1.165, 1.54) is 26.2 Å². The summed E-state index contributed by atoms with van der Waals surface area (Å²) in [7, 11) is 1.45. The summed E-state index contributed by atoms with van der Waals surface area (Å²) in [6.07, 6.45) is 0. The number of ketones is 1. The highest BCUT2D eigenvalue weighted by Crippen LogP contribution is 2.33. The van der Waals surface area contributed by atoms with Crippen LogP contribution in [0.3, 0.4) is 0 Å². The van der Waals surface area contributed by atoms with Crippen molar-refractivity contribution in [1.29, 1.82) is 0 Å². The molecule has 3 aromatic heterocycles. The fourth-order valence-electron chi connectivity index (χ4n) is 3.08. The van der Waals surface area contributed by atoms with Crippen molar-refractivity contribution in [2.75, 3.05) is 7.11 Å². The summed E-state index contributed by atoms with van der Waals surface area (Å²) in [4.78, 5) is 31.3. The van der Waals surface area contributed by atoms with E-state index < -0.39 is 5.97 Å². The number of esters is 1. The molecule has 0 aliphatic carbocycles. The Morgan fingerprint density at radius 2 is 1.87 bits per heavy atom. The van der Waals surface area contributed by atoms with Crippen molar-refractivity contribution in [2.45, 2.75) is 20.8 Å². The maximum absolute atomic E-state index is 13.1. The quantitative estimate of drug-likeness (QED) is 0.254. The highest BCUT2D eigenvalue weighted by atomic mass is 32.1. The lowest BCUT2D eigenvalue weighted by molar-refractivity contribution is 0.0731. The van der Waals surface area contributed by atoms with Gasteiger partial charge in [-0.25, -0.2) is 9.78 Å². The van der Waals surface area contributed by atoms with Crippen LogP contribution in [-0.4, -0.2) is 29.0 Å². The standard InChI is InChI=1S/C22H18N2O5S/c1-11-5-8-19(30-11)16-10-15(20-12(2)24-29-21(20)23-16)22(26)28-17-7-6-14(13(3)25)9-18(17)27-4/h5-10H,1-4H3. The van der Waals surface area contributed by atoms with E-state index in [0.717, 1.165) is 9.75 Å². The van der Waals surface area contributed by atoms with Gasteiger partial charge in [-0.15, -0.1) is 11.3 Å². The van der Waals surface area contributed by atoms with Gasteiger partial charge < -0.3 is 14.0 Å². The van der Waals surface area contributed by atoms with Crippen molar-refractivity contribution in [3.05, 3.63) is 58.1 Å². The lowest BCUT2D eigenvalue weighted by Gasteiger charge is -2.11. The molecule has 4 aromatic rings. The summed E-state index contributed by atoms with van der Waals surface area (Å²) < 4.78 is 16.2. The largest absolute Gasteiger partial charge is 0.493 e. The first kappa shape index (κ1) is 19.8. The first-order valence-corrected chi connectivity index (χ1v) is 9.94. The summed E-state index contributed by atoms with van der Waals surface area (Å²) >= 11 is 1.56. The SMILES string of the molecule is COc1cc(C(C)=O)ccc1OC(=O)c1cc(-c2ccc(C)s2)nc2onc(C)c12. The van der Waals surface area contributed by atoms with Crippen LogP contribution in [0.4, 0.5) is 0 Å². The molecule has 0 amide bonds. The summed E-state index contributed by atoms with van der Waals surface area (Å²) in [6.45, 7) is 5.19. The lowest BCUT2D eigenvalue weighted by Crippen LogP contribution is -2.11. The first-order valence-electron chi connectivity index (χ1n) is 9.12. The zero-order chi connectivity index (χ0) is 21.4. The van der Waals surface area contributed by atoms with Crippen LogP contribution in [0.25, 0.3) is 21.7 Å². The zero-order valence-corrected chi connectivity index (χ0v) is 17.6. The van der Waals surface area contributed by atoms with Crippen LogP contribution < -0.4 is 9.47 Å². The van der Waals surface area contributed by atoms with Gasteiger partial charge in [-0.2, -0.15) is 0 Å². The maximum Gasteiger partial charge on any atom is 0.344 e. The number of fused-ring (bicyclic) bond motifs is 1. The number of hydrogen-bond donors (Lipinski definition) is 0. The van der Waals surface area contributed by atoms with E-state index in [9.17, 15) is 9.59 Å². The Kier molecular flexibility index (Phi) is 5.09. The molecule has 0 saturated heterocycles. The van der Waals surface area contributed by atoms with E-state index in [0.29, 0.717) is 22.3 Å². The fourth-order valence-corrected chi connectivity index (χ4v) is 3.91. The number of carbonyl (C=O) groups is 2. The minimum absolute atomic E-state index is 0.113. The highest BCUT2D eigenvalue weighted by molar-refractivity contribution is 7.15. The number of aromatic nitrogens is 2. The van der Waals surface area contributed by atoms with E-state index in [2.05, 4.69) is 10.1 Å². The zero-order valence-electron chi connectivity index (χ0n) is 16.8. The highest BCUT2D eigenvalue weighted by Gasteiger charge is 2.22. The van der Waals surface area contributed by atoms with Crippen LogP contribution >= 0.6 is 11.3 Å². The Labute approximate surface area is 176 Å². The van der Waals surface area contributed by atoms with E-state index in [1.807, 2.05) is 19.1 Å². The second-order valence-electron chi connectivity index (χ2n) is 6.72. The normalized spacial score (nSPS) is 10.9. The summed E-state index contributed by atoms with van der Waals surface area (Å²) in [5.74, 6) is -0.215. The number of ether oxygens (including phenoxy) is 2. The number of carbonyl (C=O) groups excluding carboxylic acids is 2. The molecule has 152 valence electrons. The van der Waals surface area contributed by atoms with Crippen molar-refractivity contribution in [1.82, 2.24) is 10.1 Å². The molecule has 0 radical (unpaired) electrons. The first-order chi connectivity index (χ1) is 14.4. The van der Waals surface area contributed by atoms with Crippen molar-refractivity contribution in [2.24, 2.45) is 0 Å². The molecule has 0 fully saturated rings. The second-order valence-corrected chi connectivity index (χ2v) is 8.01. The average Bonchev–Trinajstić information content (AvgIpc) is 3.33. The monoisotopic (exact) mass is 422 g/mol. The fraction of sp³-hybridized carbons (Fsp3) is 0.182. The van der Waals surface area contributed by atoms with Crippen LogP contribution in [-0.2, 0) is 0 Å². The third-order valence-corrected chi connectivity index (χ3v) is 5.63. The molecule has 4 rings (SSSR count). The molecule has 30 heavy (non-hydrogen) atoms. The second kappa shape index (κ2) is 7.72. The number of aryl methyl sites for hydroxylation is 2. The Hall–Kier alpha value is -3.52. The number of pyridine rings is 1. The number of nitrogens with zero attached hydrogens (tertiary/aromatic N) is 2. The minimum Gasteiger partial charge on any atom is -0.493 e. The molecular weight excluding hydrogens is 404 g/mol. The number of rotatable bonds is 5. The number of benzene rings is 1. The van der Waals surface area contributed by atoms with Crippen LogP contribution in [0.2, 0.25) is 0 Å². The number of methoxy groups -OCH3 is 1. The Bertz CT molecular complexity index is 1290. The van der Waals surface area contributed by atoms with Crippen LogP contribution in [0.5, 0.6) is 11.5 Å². The van der Waals surface area contributed by atoms with Crippen LogP contribution in [0.15, 0.2) is 40.9 Å². The summed E-state index contributed by atoms with van der Waals surface area (Å²) in [5.41, 5.74) is 2.16. The van der Waals surface area contributed by atoms with Gasteiger partial charge in [0.2, 0.25) is 0 Å². The van der Waals surface area contributed by atoms with Gasteiger partial charge in [-0.1, -0.05) is 5.16 Å². The Morgan fingerprint density at radius 3 is 2.53 bits per heavy atom. The topological polar surface area (TPSA) is 91.5 Å². The van der Waals surface area contributed by atoms with Gasteiger partial charge in [-0.05, 0) is 57.2 Å². The molecule has 7 nitrogen and oxygen atoms in total. The molecule has 0 spiro atoms. The van der Waals surface area contributed by atoms with Crippen LogP contribution in [0.1, 0.15) is 38.2 Å². The maximum atomic E-state index is 13.1. The Morgan fingerprint density at radius 1 is 1.07 bits per heavy atom. The molecule has 0 N–H and O–H groups in total. The van der Waals surface area contributed by atoms with Crippen molar-refractivity contribution in [3.63, 3.8) is 0 Å². The third-order valence-electron chi connectivity index (χ3n) is 4.60. The van der Waals surface area contributed by atoms with E-state index in [-0.39, 0.29) is 28.6 Å². The predicted octanol–water partition coefficient (Wildman–Crippen LogP) is 5.00. The molecule has 0 aliphatic heterocycles. The molecule has 0 unspecified atom stereocenters.